The van der Waals surface area contributed by atoms with Gasteiger partial charge in [0.1, 0.15) is 10.7 Å². The Morgan fingerprint density at radius 3 is 2.05 bits per heavy atom. The average molecular weight is 629 g/mol. The third kappa shape index (κ3) is 8.83. The molecule has 0 aliphatic carbocycles. The maximum absolute atomic E-state index is 14.1. The van der Waals surface area contributed by atoms with E-state index in [9.17, 15) is 13.2 Å². The number of aryl methyl sites for hydroxylation is 1. The van der Waals surface area contributed by atoms with Crippen molar-refractivity contribution in [3.63, 3.8) is 0 Å². The molecule has 10 heteroatoms. The van der Waals surface area contributed by atoms with Crippen LogP contribution >= 0.6 is 0 Å². The van der Waals surface area contributed by atoms with Crippen molar-refractivity contribution in [2.24, 2.45) is 0 Å². The zero-order valence-corrected chi connectivity index (χ0v) is 28.5. The maximum atomic E-state index is 14.1. The Bertz CT molecular complexity index is 1520. The van der Waals surface area contributed by atoms with E-state index in [0.717, 1.165) is 42.4 Å². The fraction of sp³-hybridized carbons (Fsp3) is 0.559. The molecular weight excluding hydrogens is 580 g/mol. The van der Waals surface area contributed by atoms with Gasteiger partial charge in [0, 0.05) is 12.5 Å². The summed E-state index contributed by atoms with van der Waals surface area (Å²) >= 11 is 0. The molecule has 3 aromatic rings. The van der Waals surface area contributed by atoms with Crippen molar-refractivity contribution in [1.29, 1.82) is 0 Å². The molecule has 0 bridgehead atoms. The largest absolute Gasteiger partial charge is 0.493 e. The van der Waals surface area contributed by atoms with E-state index in [-0.39, 0.29) is 34.5 Å². The van der Waals surface area contributed by atoms with E-state index < -0.39 is 10.1 Å². The topological polar surface area (TPSA) is 114 Å². The molecule has 1 heterocycles. The second-order valence-corrected chi connectivity index (χ2v) is 13.4. The first-order valence-corrected chi connectivity index (χ1v) is 17.0. The van der Waals surface area contributed by atoms with Gasteiger partial charge in [-0.2, -0.15) is 13.4 Å². The lowest BCUT2D eigenvalue weighted by Crippen LogP contribution is -2.18. The SMILES string of the molecule is CCOC(=O)CCCCCCOc1cc2c(OS(=O)(=O)c3c(C(C)C)cc(C(C)C)cc3C(C)C)nc(C)nc2cc1OC. The van der Waals surface area contributed by atoms with Crippen LogP contribution in [0.25, 0.3) is 10.9 Å². The Morgan fingerprint density at radius 1 is 0.841 bits per heavy atom. The average Bonchev–Trinajstić information content (AvgIpc) is 2.95. The number of benzene rings is 2. The highest BCUT2D eigenvalue weighted by Crippen LogP contribution is 2.39. The summed E-state index contributed by atoms with van der Waals surface area (Å²) in [5.74, 6) is 1.20. The van der Waals surface area contributed by atoms with Crippen LogP contribution in [0.1, 0.15) is 121 Å². The van der Waals surface area contributed by atoms with Gasteiger partial charge in [0.15, 0.2) is 11.5 Å². The Labute approximate surface area is 262 Å². The minimum absolute atomic E-state index is 0.0436. The number of aromatic nitrogens is 2. The summed E-state index contributed by atoms with van der Waals surface area (Å²) < 4.78 is 50.7. The van der Waals surface area contributed by atoms with Crippen LogP contribution in [-0.2, 0) is 19.6 Å². The highest BCUT2D eigenvalue weighted by Gasteiger charge is 2.30. The molecule has 242 valence electrons. The van der Waals surface area contributed by atoms with Gasteiger partial charge < -0.3 is 18.4 Å². The van der Waals surface area contributed by atoms with Crippen LogP contribution < -0.4 is 13.7 Å². The van der Waals surface area contributed by atoms with Crippen LogP contribution in [0, 0.1) is 6.92 Å². The lowest BCUT2D eigenvalue weighted by molar-refractivity contribution is -0.143. The van der Waals surface area contributed by atoms with Crippen LogP contribution in [0.5, 0.6) is 17.4 Å². The molecular formula is C34H48N2O7S. The van der Waals surface area contributed by atoms with Crippen LogP contribution in [0.2, 0.25) is 0 Å². The van der Waals surface area contributed by atoms with Crippen molar-refractivity contribution in [2.45, 2.75) is 110 Å². The highest BCUT2D eigenvalue weighted by molar-refractivity contribution is 7.87. The molecule has 0 N–H and O–H groups in total. The molecule has 1 aromatic heterocycles. The minimum atomic E-state index is -4.28. The van der Waals surface area contributed by atoms with Gasteiger partial charge in [-0.15, -0.1) is 0 Å². The second kappa shape index (κ2) is 15.5. The fourth-order valence-electron chi connectivity index (χ4n) is 5.02. The smallest absolute Gasteiger partial charge is 0.341 e. The van der Waals surface area contributed by atoms with E-state index in [4.69, 9.17) is 18.4 Å². The molecule has 0 radical (unpaired) electrons. The standard InChI is InChI=1S/C34H48N2O7S/c1-10-41-32(37)15-13-11-12-14-16-42-31-19-28-29(20-30(31)40-9)35-24(8)36-34(28)43-44(38,39)33-26(22(4)5)17-25(21(2)3)18-27(33)23(6)7/h17-23H,10-16H2,1-9H3. The molecule has 9 nitrogen and oxygen atoms in total. The van der Waals surface area contributed by atoms with E-state index in [1.165, 1.54) is 0 Å². The molecule has 44 heavy (non-hydrogen) atoms. The number of fused-ring (bicyclic) bond motifs is 1. The van der Waals surface area contributed by atoms with Gasteiger partial charge >= 0.3 is 16.1 Å². The molecule has 2 aromatic carbocycles. The number of ether oxygens (including phenoxy) is 3. The van der Waals surface area contributed by atoms with Gasteiger partial charge in [-0.25, -0.2) is 4.98 Å². The summed E-state index contributed by atoms with van der Waals surface area (Å²) in [5, 5.41) is 0.403. The van der Waals surface area contributed by atoms with Gasteiger partial charge in [-0.05, 0) is 67.2 Å². The minimum Gasteiger partial charge on any atom is -0.493 e. The van der Waals surface area contributed by atoms with Crippen molar-refractivity contribution in [3.8, 4) is 17.4 Å². The Kier molecular flexibility index (Phi) is 12.4. The number of carbonyl (C=O) groups is 1. The van der Waals surface area contributed by atoms with Crippen molar-refractivity contribution in [2.75, 3.05) is 20.3 Å². The first-order chi connectivity index (χ1) is 20.8. The quantitative estimate of drug-likeness (QED) is 0.0885. The van der Waals surface area contributed by atoms with Crippen molar-refractivity contribution in [1.82, 2.24) is 9.97 Å². The third-order valence-electron chi connectivity index (χ3n) is 7.41. The summed E-state index contributed by atoms with van der Waals surface area (Å²) in [5.41, 5.74) is 3.02. The number of carbonyl (C=O) groups excluding carboxylic acids is 1. The van der Waals surface area contributed by atoms with Gasteiger partial charge in [0.25, 0.3) is 0 Å². The number of methoxy groups -OCH3 is 1. The number of hydrogen-bond acceptors (Lipinski definition) is 9. The molecule has 0 atom stereocenters. The van der Waals surface area contributed by atoms with Gasteiger partial charge in [-0.1, -0.05) is 66.5 Å². The fourth-order valence-corrected chi connectivity index (χ4v) is 6.60. The summed E-state index contributed by atoms with van der Waals surface area (Å²) in [6.45, 7) is 16.5. The lowest BCUT2D eigenvalue weighted by atomic mass is 9.89. The van der Waals surface area contributed by atoms with E-state index >= 15 is 0 Å². The lowest BCUT2D eigenvalue weighted by Gasteiger charge is -2.22. The zero-order valence-electron chi connectivity index (χ0n) is 27.7. The second-order valence-electron chi connectivity index (χ2n) is 11.9. The van der Waals surface area contributed by atoms with E-state index in [0.29, 0.717) is 47.9 Å². The van der Waals surface area contributed by atoms with Crippen LogP contribution in [-0.4, -0.2) is 44.7 Å². The van der Waals surface area contributed by atoms with Crippen molar-refractivity contribution in [3.05, 3.63) is 46.8 Å². The molecule has 0 amide bonds. The first-order valence-electron chi connectivity index (χ1n) is 15.6. The molecule has 3 rings (SSSR count). The predicted octanol–water partition coefficient (Wildman–Crippen LogP) is 7.98. The number of rotatable bonds is 16. The monoisotopic (exact) mass is 628 g/mol. The van der Waals surface area contributed by atoms with E-state index in [2.05, 4.69) is 23.8 Å². The van der Waals surface area contributed by atoms with Gasteiger partial charge in [0.05, 0.1) is 31.2 Å². The maximum Gasteiger partial charge on any atom is 0.341 e. The zero-order chi connectivity index (χ0) is 32.6. The Balaban J connectivity index is 1.93. The Hall–Kier alpha value is -3.40. The van der Waals surface area contributed by atoms with E-state index in [1.807, 2.05) is 39.8 Å². The molecule has 0 aliphatic heterocycles. The third-order valence-corrected chi connectivity index (χ3v) is 8.76. The Morgan fingerprint density at radius 2 is 1.48 bits per heavy atom. The normalized spacial score (nSPS) is 11.9. The van der Waals surface area contributed by atoms with Crippen molar-refractivity contribution < 1.29 is 31.6 Å². The van der Waals surface area contributed by atoms with Crippen LogP contribution in [0.4, 0.5) is 0 Å². The van der Waals surface area contributed by atoms with E-state index in [1.54, 1.807) is 33.1 Å². The molecule has 0 saturated heterocycles. The molecule has 0 fully saturated rings. The van der Waals surface area contributed by atoms with Crippen LogP contribution in [0.3, 0.4) is 0 Å². The van der Waals surface area contributed by atoms with Gasteiger partial charge in [0.2, 0.25) is 5.88 Å². The molecule has 0 saturated carbocycles. The summed E-state index contributed by atoms with van der Waals surface area (Å²) in [6.07, 6.45) is 3.72. The van der Waals surface area contributed by atoms with Gasteiger partial charge in [-0.3, -0.25) is 4.79 Å². The number of hydrogen-bond donors (Lipinski definition) is 0. The molecule has 0 unspecified atom stereocenters. The summed E-state index contributed by atoms with van der Waals surface area (Å²) in [4.78, 5) is 20.6. The van der Waals surface area contributed by atoms with Crippen LogP contribution in [0.15, 0.2) is 29.2 Å². The van der Waals surface area contributed by atoms with Crippen molar-refractivity contribution >= 4 is 27.0 Å². The highest BCUT2D eigenvalue weighted by atomic mass is 32.2. The number of esters is 1. The first kappa shape index (κ1) is 35.1. The molecule has 0 spiro atoms. The predicted molar refractivity (Wildman–Crippen MR) is 173 cm³/mol. The summed E-state index contributed by atoms with van der Waals surface area (Å²) in [7, 11) is -2.74. The number of nitrogens with zero attached hydrogens (tertiary/aromatic N) is 2. The molecule has 0 aliphatic rings. The summed E-state index contributed by atoms with van der Waals surface area (Å²) in [6, 6.07) is 7.34. The number of unbranched alkanes of at least 4 members (excludes halogenated alkanes) is 3.